The van der Waals surface area contributed by atoms with Gasteiger partial charge < -0.3 is 29.7 Å². The molecule has 1 aliphatic heterocycles. The largest absolute Gasteiger partial charge is 0.506 e. The molecule has 0 aromatic heterocycles. The van der Waals surface area contributed by atoms with Crippen LogP contribution in [0.4, 0.5) is 5.69 Å². The molecule has 1 unspecified atom stereocenters. The van der Waals surface area contributed by atoms with E-state index in [1.807, 2.05) is 49.4 Å². The molecule has 1 saturated heterocycles. The number of anilines is 1. The molecule has 2 aromatic carbocycles. The maximum atomic E-state index is 10.1. The summed E-state index contributed by atoms with van der Waals surface area (Å²) < 4.78 is 11.1. The highest BCUT2D eigenvalue weighted by molar-refractivity contribution is 5.80. The standard InChI is InChI=1S/C22H30N4O3/c1-17(29-19-10-8-18(28-3)9-11-19)16-24-22(23-2)26-14-12-25(13-15-26)20-6-4-5-7-21(20)27/h4-11,17,27H,12-16H2,1-3H3,(H,23,24). The predicted molar refractivity (Wildman–Crippen MR) is 116 cm³/mol. The Morgan fingerprint density at radius 3 is 2.34 bits per heavy atom. The molecular formula is C22H30N4O3. The van der Waals surface area contributed by atoms with E-state index in [0.717, 1.165) is 49.3 Å². The van der Waals surface area contributed by atoms with Crippen LogP contribution in [0, 0.1) is 0 Å². The Bertz CT molecular complexity index is 802. The second-order valence-electron chi connectivity index (χ2n) is 6.99. The van der Waals surface area contributed by atoms with Gasteiger partial charge in [-0.15, -0.1) is 0 Å². The molecule has 156 valence electrons. The minimum absolute atomic E-state index is 0.0114. The van der Waals surface area contributed by atoms with E-state index in [4.69, 9.17) is 9.47 Å². The van der Waals surface area contributed by atoms with E-state index in [1.165, 1.54) is 0 Å². The monoisotopic (exact) mass is 398 g/mol. The van der Waals surface area contributed by atoms with Gasteiger partial charge in [0.2, 0.25) is 0 Å². The van der Waals surface area contributed by atoms with Gasteiger partial charge in [0.1, 0.15) is 23.4 Å². The predicted octanol–water partition coefficient (Wildman–Crippen LogP) is 2.57. The Balaban J connectivity index is 1.47. The summed E-state index contributed by atoms with van der Waals surface area (Å²) in [5.74, 6) is 2.82. The number of hydrogen-bond acceptors (Lipinski definition) is 5. The zero-order valence-electron chi connectivity index (χ0n) is 17.3. The minimum atomic E-state index is -0.0114. The number of benzene rings is 2. The lowest BCUT2D eigenvalue weighted by Gasteiger charge is -2.38. The molecule has 2 N–H and O–H groups in total. The lowest BCUT2D eigenvalue weighted by molar-refractivity contribution is 0.221. The fourth-order valence-electron chi connectivity index (χ4n) is 3.39. The topological polar surface area (TPSA) is 69.6 Å². The molecule has 1 atom stereocenters. The third-order valence-electron chi connectivity index (χ3n) is 4.96. The first-order valence-corrected chi connectivity index (χ1v) is 9.90. The summed E-state index contributed by atoms with van der Waals surface area (Å²) in [5.41, 5.74) is 0.886. The van der Waals surface area contributed by atoms with Crippen LogP contribution in [0.3, 0.4) is 0 Å². The molecule has 7 nitrogen and oxygen atoms in total. The summed E-state index contributed by atoms with van der Waals surface area (Å²) in [7, 11) is 3.45. The number of piperazine rings is 1. The van der Waals surface area contributed by atoms with E-state index in [2.05, 4.69) is 20.1 Å². The highest BCUT2D eigenvalue weighted by Crippen LogP contribution is 2.27. The van der Waals surface area contributed by atoms with Crippen molar-refractivity contribution >= 4 is 11.6 Å². The summed E-state index contributed by atoms with van der Waals surface area (Å²) >= 11 is 0. The van der Waals surface area contributed by atoms with Crippen molar-refractivity contribution in [2.75, 3.05) is 51.8 Å². The number of ether oxygens (including phenoxy) is 2. The second kappa shape index (κ2) is 9.91. The second-order valence-corrected chi connectivity index (χ2v) is 6.99. The summed E-state index contributed by atoms with van der Waals surface area (Å²) in [6, 6.07) is 15.1. The third-order valence-corrected chi connectivity index (χ3v) is 4.96. The molecule has 0 bridgehead atoms. The zero-order chi connectivity index (χ0) is 20.6. The average molecular weight is 399 g/mol. The van der Waals surface area contributed by atoms with Gasteiger partial charge in [-0.3, -0.25) is 4.99 Å². The summed E-state index contributed by atoms with van der Waals surface area (Å²) in [5, 5.41) is 13.5. The van der Waals surface area contributed by atoms with E-state index in [0.29, 0.717) is 12.3 Å². The van der Waals surface area contributed by atoms with E-state index in [1.54, 1.807) is 20.2 Å². The van der Waals surface area contributed by atoms with Crippen LogP contribution < -0.4 is 19.7 Å². The first-order chi connectivity index (χ1) is 14.1. The average Bonchev–Trinajstić information content (AvgIpc) is 2.75. The molecule has 0 amide bonds. The molecule has 0 aliphatic carbocycles. The van der Waals surface area contributed by atoms with Gasteiger partial charge in [0.15, 0.2) is 5.96 Å². The molecule has 3 rings (SSSR count). The number of phenolic OH excluding ortho intramolecular Hbond substituents is 1. The molecule has 0 saturated carbocycles. The Morgan fingerprint density at radius 2 is 1.72 bits per heavy atom. The first kappa shape index (κ1) is 20.6. The van der Waals surface area contributed by atoms with Gasteiger partial charge in [-0.25, -0.2) is 0 Å². The maximum Gasteiger partial charge on any atom is 0.193 e. The number of rotatable bonds is 6. The fourth-order valence-corrected chi connectivity index (χ4v) is 3.39. The van der Waals surface area contributed by atoms with Gasteiger partial charge in [-0.2, -0.15) is 0 Å². The fraction of sp³-hybridized carbons (Fsp3) is 0.409. The first-order valence-electron chi connectivity index (χ1n) is 9.90. The number of hydrogen-bond donors (Lipinski definition) is 2. The number of guanidine groups is 1. The van der Waals surface area contributed by atoms with E-state index < -0.39 is 0 Å². The summed E-state index contributed by atoms with van der Waals surface area (Å²) in [6.07, 6.45) is -0.0114. The SMILES string of the molecule is CN=C(NCC(C)Oc1ccc(OC)cc1)N1CCN(c2ccccc2O)CC1. The Morgan fingerprint density at radius 1 is 1.07 bits per heavy atom. The molecule has 29 heavy (non-hydrogen) atoms. The van der Waals surface area contributed by atoms with Crippen LogP contribution in [-0.2, 0) is 0 Å². The van der Waals surface area contributed by atoms with Crippen LogP contribution in [0.2, 0.25) is 0 Å². The van der Waals surface area contributed by atoms with Crippen LogP contribution in [0.25, 0.3) is 0 Å². The molecule has 2 aromatic rings. The summed E-state index contributed by atoms with van der Waals surface area (Å²) in [4.78, 5) is 8.86. The number of aliphatic imine (C=N–C) groups is 1. The quantitative estimate of drug-likeness (QED) is 0.576. The van der Waals surface area contributed by atoms with Gasteiger partial charge in [-0.05, 0) is 43.3 Å². The van der Waals surface area contributed by atoms with Crippen LogP contribution in [0.15, 0.2) is 53.5 Å². The van der Waals surface area contributed by atoms with Crippen molar-refractivity contribution in [2.45, 2.75) is 13.0 Å². The zero-order valence-corrected chi connectivity index (χ0v) is 17.3. The van der Waals surface area contributed by atoms with Crippen molar-refractivity contribution in [1.29, 1.82) is 0 Å². The normalized spacial score (nSPS) is 15.8. The molecular weight excluding hydrogens is 368 g/mol. The van der Waals surface area contributed by atoms with Crippen LogP contribution >= 0.6 is 0 Å². The number of para-hydroxylation sites is 2. The number of methoxy groups -OCH3 is 1. The lowest BCUT2D eigenvalue weighted by Crippen LogP contribution is -2.53. The Kier molecular flexibility index (Phi) is 7.05. The van der Waals surface area contributed by atoms with Crippen molar-refractivity contribution in [1.82, 2.24) is 10.2 Å². The minimum Gasteiger partial charge on any atom is -0.506 e. The highest BCUT2D eigenvalue weighted by atomic mass is 16.5. The smallest absolute Gasteiger partial charge is 0.193 e. The van der Waals surface area contributed by atoms with Gasteiger partial charge in [0, 0.05) is 33.2 Å². The van der Waals surface area contributed by atoms with Crippen molar-refractivity contribution in [3.05, 3.63) is 48.5 Å². The number of aromatic hydroxyl groups is 1. The highest BCUT2D eigenvalue weighted by Gasteiger charge is 2.21. The number of nitrogens with one attached hydrogen (secondary N) is 1. The molecule has 7 heteroatoms. The number of nitrogens with zero attached hydrogens (tertiary/aromatic N) is 3. The van der Waals surface area contributed by atoms with E-state index in [9.17, 15) is 5.11 Å². The van der Waals surface area contributed by atoms with Gasteiger partial charge in [0.25, 0.3) is 0 Å². The van der Waals surface area contributed by atoms with Gasteiger partial charge in [0.05, 0.1) is 19.3 Å². The van der Waals surface area contributed by atoms with Crippen molar-refractivity contribution in [2.24, 2.45) is 4.99 Å². The van der Waals surface area contributed by atoms with E-state index in [-0.39, 0.29) is 6.10 Å². The van der Waals surface area contributed by atoms with Crippen molar-refractivity contribution in [3.8, 4) is 17.2 Å². The molecule has 0 radical (unpaired) electrons. The van der Waals surface area contributed by atoms with Gasteiger partial charge >= 0.3 is 0 Å². The third kappa shape index (κ3) is 5.47. The van der Waals surface area contributed by atoms with Crippen LogP contribution in [0.1, 0.15) is 6.92 Å². The van der Waals surface area contributed by atoms with E-state index >= 15 is 0 Å². The Labute approximate surface area is 172 Å². The summed E-state index contributed by atoms with van der Waals surface area (Å²) in [6.45, 7) is 6.01. The molecule has 1 fully saturated rings. The van der Waals surface area contributed by atoms with Gasteiger partial charge in [-0.1, -0.05) is 12.1 Å². The maximum absolute atomic E-state index is 10.1. The van der Waals surface area contributed by atoms with Crippen molar-refractivity contribution in [3.63, 3.8) is 0 Å². The Hall–Kier alpha value is -3.09. The van der Waals surface area contributed by atoms with Crippen LogP contribution in [0.5, 0.6) is 17.2 Å². The number of phenols is 1. The lowest BCUT2D eigenvalue weighted by atomic mass is 10.2. The molecule has 1 aliphatic rings. The van der Waals surface area contributed by atoms with Crippen LogP contribution in [-0.4, -0.2) is 69.0 Å². The molecule has 0 spiro atoms. The van der Waals surface area contributed by atoms with Crippen molar-refractivity contribution < 1.29 is 14.6 Å². The molecule has 1 heterocycles.